The lowest BCUT2D eigenvalue weighted by molar-refractivity contribution is 0.0519. The standard InChI is InChI=1S/C9H10ClNO2.ClH/c1-2-13-9(12)8-5-7(6-10)3-4-11-8;/h3-5H,2,6H2,1H3;1H. The van der Waals surface area contributed by atoms with Gasteiger partial charge in [-0.2, -0.15) is 0 Å². The molecular formula is C9H11Cl2NO2. The zero-order valence-electron chi connectivity index (χ0n) is 7.70. The number of halogens is 2. The second-order valence-corrected chi connectivity index (χ2v) is 2.67. The molecule has 0 radical (unpaired) electrons. The van der Waals surface area contributed by atoms with E-state index in [1.54, 1.807) is 25.3 Å². The number of carbonyl (C=O) groups excluding carboxylic acids is 1. The summed E-state index contributed by atoms with van der Waals surface area (Å²) in [5.74, 6) is -0.0379. The van der Waals surface area contributed by atoms with Crippen molar-refractivity contribution in [1.82, 2.24) is 4.98 Å². The van der Waals surface area contributed by atoms with E-state index < -0.39 is 5.97 Å². The third-order valence-electron chi connectivity index (χ3n) is 1.46. The highest BCUT2D eigenvalue weighted by atomic mass is 35.5. The van der Waals surface area contributed by atoms with Crippen molar-refractivity contribution in [3.8, 4) is 0 Å². The van der Waals surface area contributed by atoms with Crippen molar-refractivity contribution < 1.29 is 9.53 Å². The van der Waals surface area contributed by atoms with Gasteiger partial charge in [-0.3, -0.25) is 0 Å². The minimum atomic E-state index is -0.408. The maximum atomic E-state index is 11.2. The number of alkyl halides is 1. The van der Waals surface area contributed by atoms with Crippen LogP contribution in [0.15, 0.2) is 18.3 Å². The van der Waals surface area contributed by atoms with Crippen molar-refractivity contribution in [3.05, 3.63) is 29.6 Å². The SMILES string of the molecule is CCOC(=O)c1cc(CCl)ccn1.Cl. The highest BCUT2D eigenvalue weighted by Gasteiger charge is 2.07. The first-order valence-corrected chi connectivity index (χ1v) is 4.49. The average Bonchev–Trinajstić information content (AvgIpc) is 2.18. The molecular weight excluding hydrogens is 225 g/mol. The van der Waals surface area contributed by atoms with Crippen molar-refractivity contribution in [2.24, 2.45) is 0 Å². The number of pyridine rings is 1. The summed E-state index contributed by atoms with van der Waals surface area (Å²) < 4.78 is 4.78. The fraction of sp³-hybridized carbons (Fsp3) is 0.333. The third-order valence-corrected chi connectivity index (χ3v) is 1.77. The molecule has 0 amide bonds. The molecule has 5 heteroatoms. The number of esters is 1. The van der Waals surface area contributed by atoms with E-state index in [4.69, 9.17) is 16.3 Å². The van der Waals surface area contributed by atoms with Crippen LogP contribution in [0.2, 0.25) is 0 Å². The molecule has 0 aliphatic heterocycles. The molecule has 0 atom stereocenters. The lowest BCUT2D eigenvalue weighted by Gasteiger charge is -2.01. The smallest absolute Gasteiger partial charge is 0.356 e. The summed E-state index contributed by atoms with van der Waals surface area (Å²) in [4.78, 5) is 15.1. The largest absolute Gasteiger partial charge is 0.461 e. The summed E-state index contributed by atoms with van der Waals surface area (Å²) in [5, 5.41) is 0. The maximum absolute atomic E-state index is 11.2. The number of hydrogen-bond donors (Lipinski definition) is 0. The fourth-order valence-electron chi connectivity index (χ4n) is 0.874. The fourth-order valence-corrected chi connectivity index (χ4v) is 1.04. The van der Waals surface area contributed by atoms with Gasteiger partial charge in [0.1, 0.15) is 5.69 Å². The van der Waals surface area contributed by atoms with Crippen molar-refractivity contribution in [1.29, 1.82) is 0 Å². The number of aromatic nitrogens is 1. The number of rotatable bonds is 3. The Labute approximate surface area is 93.8 Å². The predicted octanol–water partition coefficient (Wildman–Crippen LogP) is 2.42. The van der Waals surface area contributed by atoms with Crippen LogP contribution in [0, 0.1) is 0 Å². The molecule has 0 aromatic carbocycles. The number of hydrogen-bond acceptors (Lipinski definition) is 3. The summed E-state index contributed by atoms with van der Waals surface area (Å²) in [7, 11) is 0. The van der Waals surface area contributed by atoms with E-state index in [1.807, 2.05) is 0 Å². The average molecular weight is 236 g/mol. The van der Waals surface area contributed by atoms with Gasteiger partial charge in [0.25, 0.3) is 0 Å². The molecule has 1 aromatic heterocycles. The molecule has 0 aliphatic rings. The summed E-state index contributed by atoms with van der Waals surface area (Å²) in [6.07, 6.45) is 1.55. The second kappa shape index (κ2) is 6.62. The van der Waals surface area contributed by atoms with E-state index >= 15 is 0 Å². The van der Waals surface area contributed by atoms with Crippen LogP contribution in [0.1, 0.15) is 23.0 Å². The maximum Gasteiger partial charge on any atom is 0.356 e. The molecule has 0 spiro atoms. The summed E-state index contributed by atoms with van der Waals surface area (Å²) in [5.41, 5.74) is 1.17. The van der Waals surface area contributed by atoms with Gasteiger partial charge < -0.3 is 4.74 Å². The predicted molar refractivity (Wildman–Crippen MR) is 57.0 cm³/mol. The topological polar surface area (TPSA) is 39.2 Å². The van der Waals surface area contributed by atoms with Crippen LogP contribution in [0.5, 0.6) is 0 Å². The minimum absolute atomic E-state index is 0. The van der Waals surface area contributed by atoms with E-state index in [9.17, 15) is 4.79 Å². The van der Waals surface area contributed by atoms with Gasteiger partial charge in [0, 0.05) is 12.1 Å². The van der Waals surface area contributed by atoms with Crippen molar-refractivity contribution in [3.63, 3.8) is 0 Å². The molecule has 3 nitrogen and oxygen atoms in total. The molecule has 1 aromatic rings. The number of carbonyl (C=O) groups is 1. The quantitative estimate of drug-likeness (QED) is 0.597. The molecule has 0 fully saturated rings. The molecule has 0 saturated carbocycles. The Bertz CT molecular complexity index is 305. The van der Waals surface area contributed by atoms with Crippen molar-refractivity contribution in [2.75, 3.05) is 6.61 Å². The van der Waals surface area contributed by atoms with Crippen LogP contribution in [-0.4, -0.2) is 17.6 Å². The lowest BCUT2D eigenvalue weighted by Crippen LogP contribution is -2.07. The Morgan fingerprint density at radius 1 is 1.64 bits per heavy atom. The van der Waals surface area contributed by atoms with E-state index in [0.29, 0.717) is 18.2 Å². The number of ether oxygens (including phenoxy) is 1. The first-order valence-electron chi connectivity index (χ1n) is 3.96. The molecule has 14 heavy (non-hydrogen) atoms. The van der Waals surface area contributed by atoms with E-state index in [1.165, 1.54) is 0 Å². The van der Waals surface area contributed by atoms with Crippen molar-refractivity contribution in [2.45, 2.75) is 12.8 Å². The second-order valence-electron chi connectivity index (χ2n) is 2.40. The van der Waals surface area contributed by atoms with Gasteiger partial charge in [-0.25, -0.2) is 9.78 Å². The van der Waals surface area contributed by atoms with Gasteiger partial charge in [-0.1, -0.05) is 0 Å². The Hall–Kier alpha value is -0.800. The van der Waals surface area contributed by atoms with Crippen LogP contribution >= 0.6 is 24.0 Å². The summed E-state index contributed by atoms with van der Waals surface area (Å²) in [6.45, 7) is 2.11. The molecule has 0 unspecified atom stereocenters. The van der Waals surface area contributed by atoms with Gasteiger partial charge >= 0.3 is 5.97 Å². The summed E-state index contributed by atoms with van der Waals surface area (Å²) in [6, 6.07) is 3.39. The monoisotopic (exact) mass is 235 g/mol. The van der Waals surface area contributed by atoms with Crippen LogP contribution < -0.4 is 0 Å². The molecule has 0 N–H and O–H groups in total. The van der Waals surface area contributed by atoms with Crippen LogP contribution in [0.4, 0.5) is 0 Å². The van der Waals surface area contributed by atoms with E-state index in [-0.39, 0.29) is 12.4 Å². The van der Waals surface area contributed by atoms with Gasteiger partial charge in [0.15, 0.2) is 0 Å². The Morgan fingerprint density at radius 2 is 2.36 bits per heavy atom. The summed E-state index contributed by atoms with van der Waals surface area (Å²) >= 11 is 5.60. The van der Waals surface area contributed by atoms with Gasteiger partial charge in [-0.15, -0.1) is 24.0 Å². The molecule has 78 valence electrons. The van der Waals surface area contributed by atoms with Gasteiger partial charge in [0.05, 0.1) is 6.61 Å². The zero-order valence-corrected chi connectivity index (χ0v) is 9.27. The minimum Gasteiger partial charge on any atom is -0.461 e. The Kier molecular flexibility index (Phi) is 6.25. The Balaban J connectivity index is 0.00000169. The zero-order chi connectivity index (χ0) is 9.68. The van der Waals surface area contributed by atoms with Crippen molar-refractivity contribution >= 4 is 30.0 Å². The molecule has 1 rings (SSSR count). The normalized spacial score (nSPS) is 9.00. The first-order chi connectivity index (χ1) is 6.27. The first kappa shape index (κ1) is 13.2. The molecule has 1 heterocycles. The number of nitrogens with zero attached hydrogens (tertiary/aromatic N) is 1. The van der Waals surface area contributed by atoms with E-state index in [2.05, 4.69) is 4.98 Å². The Morgan fingerprint density at radius 3 is 2.93 bits per heavy atom. The molecule has 0 bridgehead atoms. The highest BCUT2D eigenvalue weighted by Crippen LogP contribution is 2.05. The highest BCUT2D eigenvalue weighted by molar-refractivity contribution is 6.17. The van der Waals surface area contributed by atoms with Crippen LogP contribution in [-0.2, 0) is 10.6 Å². The lowest BCUT2D eigenvalue weighted by atomic mass is 10.2. The van der Waals surface area contributed by atoms with Crippen LogP contribution in [0.25, 0.3) is 0 Å². The molecule has 0 saturated heterocycles. The third kappa shape index (κ3) is 3.52. The molecule has 0 aliphatic carbocycles. The van der Waals surface area contributed by atoms with Crippen LogP contribution in [0.3, 0.4) is 0 Å². The van der Waals surface area contributed by atoms with Gasteiger partial charge in [-0.05, 0) is 24.6 Å². The van der Waals surface area contributed by atoms with Gasteiger partial charge in [0.2, 0.25) is 0 Å². The van der Waals surface area contributed by atoms with E-state index in [0.717, 1.165) is 5.56 Å².